The molecular weight excluding hydrogens is 360 g/mol. The Kier molecular flexibility index (Phi) is 4.09. The molecule has 0 saturated carbocycles. The number of aromatic nitrogens is 6. The quantitative estimate of drug-likeness (QED) is 0.682. The van der Waals surface area contributed by atoms with Crippen LogP contribution in [0.5, 0.6) is 5.88 Å². The molecule has 0 aromatic carbocycles. The lowest BCUT2D eigenvalue weighted by molar-refractivity contribution is 0.0652. The second kappa shape index (κ2) is 6.76. The summed E-state index contributed by atoms with van der Waals surface area (Å²) in [5.74, 6) is 0.990. The molecule has 10 heteroatoms. The maximum absolute atomic E-state index is 9.31. The first-order chi connectivity index (χ1) is 13.7. The van der Waals surface area contributed by atoms with E-state index < -0.39 is 0 Å². The molecule has 0 spiro atoms. The van der Waals surface area contributed by atoms with Gasteiger partial charge in [0.2, 0.25) is 5.95 Å². The molecule has 1 saturated heterocycles. The van der Waals surface area contributed by atoms with Gasteiger partial charge in [-0.25, -0.2) is 9.67 Å². The Labute approximate surface area is 161 Å². The summed E-state index contributed by atoms with van der Waals surface area (Å²) < 4.78 is 15.2. The van der Waals surface area contributed by atoms with Gasteiger partial charge in [0.25, 0.3) is 5.88 Å². The lowest BCUT2D eigenvalue weighted by atomic mass is 10.1. The van der Waals surface area contributed by atoms with Crippen LogP contribution in [0.1, 0.15) is 36.7 Å². The Morgan fingerprint density at radius 2 is 2.11 bits per heavy atom. The average Bonchev–Trinajstić information content (AvgIpc) is 3.23. The molecular formula is C18H20N8O2. The number of anilines is 2. The van der Waals surface area contributed by atoms with Gasteiger partial charge in [-0.2, -0.15) is 15.3 Å². The Hall–Kier alpha value is -3.19. The van der Waals surface area contributed by atoms with Crippen LogP contribution in [-0.4, -0.2) is 49.3 Å². The van der Waals surface area contributed by atoms with Gasteiger partial charge in [-0.3, -0.25) is 4.68 Å². The standard InChI is InChI=1S/C18H20N8O2/c1-11-15-17(24-26(11)12-3-7-27-8-4-12)28-6-2-5-25-16-13(14(9-19)23-25)10-20-18(21-15)22-16/h10,12H,2-8H2,1H3,(H,20,21,22). The predicted molar refractivity (Wildman–Crippen MR) is 99.5 cm³/mol. The molecule has 2 aliphatic rings. The van der Waals surface area contributed by atoms with E-state index in [2.05, 4.69) is 26.5 Å². The highest BCUT2D eigenvalue weighted by Crippen LogP contribution is 2.34. The Morgan fingerprint density at radius 3 is 2.93 bits per heavy atom. The molecule has 5 rings (SSSR count). The summed E-state index contributed by atoms with van der Waals surface area (Å²) in [5.41, 5.74) is 2.74. The first-order valence-electron chi connectivity index (χ1n) is 9.45. The number of hydrogen-bond donors (Lipinski definition) is 1. The monoisotopic (exact) mass is 380 g/mol. The number of fused-ring (bicyclic) bond motifs is 2. The number of nitrogens with one attached hydrogen (secondary N) is 1. The maximum atomic E-state index is 9.31. The Morgan fingerprint density at radius 1 is 1.25 bits per heavy atom. The van der Waals surface area contributed by atoms with E-state index in [1.165, 1.54) is 0 Å². The topological polar surface area (TPSA) is 116 Å². The second-order valence-corrected chi connectivity index (χ2v) is 7.00. The maximum Gasteiger partial charge on any atom is 0.257 e. The van der Waals surface area contributed by atoms with E-state index in [1.807, 2.05) is 11.6 Å². The van der Waals surface area contributed by atoms with Crippen molar-refractivity contribution in [1.82, 2.24) is 29.5 Å². The minimum Gasteiger partial charge on any atom is -0.475 e. The molecule has 1 N–H and O–H groups in total. The number of rotatable bonds is 1. The van der Waals surface area contributed by atoms with Crippen molar-refractivity contribution in [1.29, 1.82) is 5.26 Å². The van der Waals surface area contributed by atoms with Crippen LogP contribution < -0.4 is 10.1 Å². The van der Waals surface area contributed by atoms with Crippen LogP contribution in [0.15, 0.2) is 6.20 Å². The van der Waals surface area contributed by atoms with Crippen molar-refractivity contribution in [3.05, 3.63) is 17.6 Å². The normalized spacial score (nSPS) is 17.4. The van der Waals surface area contributed by atoms with Crippen molar-refractivity contribution in [2.75, 3.05) is 25.1 Å². The van der Waals surface area contributed by atoms with E-state index in [0.717, 1.165) is 43.9 Å². The highest BCUT2D eigenvalue weighted by atomic mass is 16.5. The summed E-state index contributed by atoms with van der Waals surface area (Å²) in [5, 5.41) is 22.3. The van der Waals surface area contributed by atoms with E-state index >= 15 is 0 Å². The lowest BCUT2D eigenvalue weighted by Crippen LogP contribution is -2.21. The molecule has 5 heterocycles. The van der Waals surface area contributed by atoms with Gasteiger partial charge in [-0.15, -0.1) is 5.10 Å². The van der Waals surface area contributed by atoms with Crippen LogP contribution in [0.4, 0.5) is 11.6 Å². The van der Waals surface area contributed by atoms with E-state index in [1.54, 1.807) is 10.9 Å². The fourth-order valence-corrected chi connectivity index (χ4v) is 3.77. The fraction of sp³-hybridized carbons (Fsp3) is 0.500. The van der Waals surface area contributed by atoms with Crippen LogP contribution in [0, 0.1) is 18.3 Å². The molecule has 2 aliphatic heterocycles. The minimum atomic E-state index is 0.294. The van der Waals surface area contributed by atoms with Crippen molar-refractivity contribution in [2.45, 2.75) is 38.8 Å². The SMILES string of the molecule is Cc1c2c(nn1C1CCOCC1)OCCCn1nc(C#N)c3cnc(nc31)N2. The first-order valence-corrected chi connectivity index (χ1v) is 9.45. The zero-order valence-corrected chi connectivity index (χ0v) is 15.6. The van der Waals surface area contributed by atoms with E-state index in [9.17, 15) is 5.26 Å². The number of nitrogens with zero attached hydrogens (tertiary/aromatic N) is 7. The number of aryl methyl sites for hydroxylation is 1. The van der Waals surface area contributed by atoms with Gasteiger partial charge in [-0.1, -0.05) is 0 Å². The van der Waals surface area contributed by atoms with Gasteiger partial charge in [0.1, 0.15) is 11.8 Å². The largest absolute Gasteiger partial charge is 0.475 e. The number of ether oxygens (including phenoxy) is 2. The van der Waals surface area contributed by atoms with Crippen molar-refractivity contribution in [2.24, 2.45) is 0 Å². The molecule has 0 unspecified atom stereocenters. The van der Waals surface area contributed by atoms with Crippen LogP contribution in [0.25, 0.3) is 11.0 Å². The third-order valence-corrected chi connectivity index (χ3v) is 5.24. The molecule has 0 radical (unpaired) electrons. The molecule has 144 valence electrons. The van der Waals surface area contributed by atoms with Gasteiger partial charge in [-0.05, 0) is 19.8 Å². The van der Waals surface area contributed by atoms with Crippen LogP contribution >= 0.6 is 0 Å². The highest BCUT2D eigenvalue weighted by molar-refractivity contribution is 5.81. The van der Waals surface area contributed by atoms with Gasteiger partial charge in [0.05, 0.1) is 23.7 Å². The number of hydrogen-bond acceptors (Lipinski definition) is 8. The van der Waals surface area contributed by atoms with Gasteiger partial charge >= 0.3 is 0 Å². The van der Waals surface area contributed by atoms with Crippen molar-refractivity contribution >= 4 is 22.7 Å². The molecule has 0 aliphatic carbocycles. The minimum absolute atomic E-state index is 0.294. The van der Waals surface area contributed by atoms with Crippen LogP contribution in [0.2, 0.25) is 0 Å². The summed E-state index contributed by atoms with van der Waals surface area (Å²) in [7, 11) is 0. The van der Waals surface area contributed by atoms with Gasteiger partial charge in [0, 0.05) is 32.4 Å². The Bertz CT molecular complexity index is 1070. The van der Waals surface area contributed by atoms with Gasteiger partial charge < -0.3 is 14.8 Å². The predicted octanol–water partition coefficient (Wildman–Crippen LogP) is 2.08. The van der Waals surface area contributed by atoms with Crippen molar-refractivity contribution in [3.8, 4) is 11.9 Å². The Balaban J connectivity index is 1.58. The van der Waals surface area contributed by atoms with Crippen molar-refractivity contribution in [3.63, 3.8) is 0 Å². The number of nitriles is 1. The summed E-state index contributed by atoms with van der Waals surface area (Å²) in [6, 6.07) is 2.40. The van der Waals surface area contributed by atoms with Crippen LogP contribution in [0.3, 0.4) is 0 Å². The zero-order chi connectivity index (χ0) is 19.1. The summed E-state index contributed by atoms with van der Waals surface area (Å²) in [6.07, 6.45) is 4.23. The van der Waals surface area contributed by atoms with Gasteiger partial charge in [0.15, 0.2) is 11.3 Å². The zero-order valence-electron chi connectivity index (χ0n) is 15.6. The van der Waals surface area contributed by atoms with E-state index in [0.29, 0.717) is 47.7 Å². The molecule has 0 atom stereocenters. The molecule has 0 amide bonds. The molecule has 28 heavy (non-hydrogen) atoms. The molecule has 3 aromatic rings. The molecule has 1 fully saturated rings. The molecule has 10 nitrogen and oxygen atoms in total. The summed E-state index contributed by atoms with van der Waals surface area (Å²) >= 11 is 0. The smallest absolute Gasteiger partial charge is 0.257 e. The fourth-order valence-electron chi connectivity index (χ4n) is 3.77. The van der Waals surface area contributed by atoms with E-state index in [4.69, 9.17) is 14.6 Å². The average molecular weight is 380 g/mol. The summed E-state index contributed by atoms with van der Waals surface area (Å²) in [4.78, 5) is 8.98. The molecule has 2 bridgehead atoms. The third-order valence-electron chi connectivity index (χ3n) is 5.24. The van der Waals surface area contributed by atoms with Crippen molar-refractivity contribution < 1.29 is 9.47 Å². The second-order valence-electron chi connectivity index (χ2n) is 7.00. The molecule has 3 aromatic heterocycles. The first kappa shape index (κ1) is 16.9. The third kappa shape index (κ3) is 2.75. The highest BCUT2D eigenvalue weighted by Gasteiger charge is 2.25. The summed E-state index contributed by atoms with van der Waals surface area (Å²) in [6.45, 7) is 4.60. The lowest BCUT2D eigenvalue weighted by Gasteiger charge is -2.23. The van der Waals surface area contributed by atoms with E-state index in [-0.39, 0.29) is 0 Å². The van der Waals surface area contributed by atoms with Crippen LogP contribution in [-0.2, 0) is 11.3 Å².